The molecule has 0 spiro atoms. The first kappa shape index (κ1) is 12.4. The Bertz CT molecular complexity index is 294. The van der Waals surface area contributed by atoms with E-state index in [2.05, 4.69) is 55.6 Å². The van der Waals surface area contributed by atoms with Crippen molar-refractivity contribution in [3.63, 3.8) is 0 Å². The zero-order valence-corrected chi connectivity index (χ0v) is 11.1. The van der Waals surface area contributed by atoms with Gasteiger partial charge in [0.1, 0.15) is 0 Å². The fourth-order valence-corrected chi connectivity index (χ4v) is 2.56. The number of hydrogen-bond acceptors (Lipinski definition) is 2. The Labute approximate surface area is 98.1 Å². The van der Waals surface area contributed by atoms with Gasteiger partial charge in [-0.25, -0.2) is 0 Å². The normalized spacial score (nSPS) is 23.1. The molecule has 1 unspecified atom stereocenters. The second kappa shape index (κ2) is 4.93. The van der Waals surface area contributed by atoms with Crippen LogP contribution in [0.25, 0.3) is 0 Å². The highest BCUT2D eigenvalue weighted by Crippen LogP contribution is 2.39. The summed E-state index contributed by atoms with van der Waals surface area (Å²) in [6, 6.07) is 0. The predicted molar refractivity (Wildman–Crippen MR) is 70.7 cm³/mol. The average Bonchev–Trinajstić information content (AvgIpc) is 2.63. The molecule has 0 aromatic carbocycles. The highest BCUT2D eigenvalue weighted by Gasteiger charge is 2.29. The van der Waals surface area contributed by atoms with Crippen LogP contribution in [0.15, 0.2) is 36.1 Å². The minimum Gasteiger partial charge on any atom is -0.317 e. The van der Waals surface area contributed by atoms with Gasteiger partial charge in [-0.1, -0.05) is 38.2 Å². The van der Waals surface area contributed by atoms with Crippen molar-refractivity contribution < 1.29 is 0 Å². The van der Waals surface area contributed by atoms with Crippen LogP contribution in [0.3, 0.4) is 0 Å². The molecule has 0 amide bonds. The summed E-state index contributed by atoms with van der Waals surface area (Å²) in [5.41, 5.74) is 1.64. The van der Waals surface area contributed by atoms with Gasteiger partial charge in [-0.15, -0.1) is 0 Å². The van der Waals surface area contributed by atoms with Crippen LogP contribution in [-0.4, -0.2) is 15.1 Å². The molecule has 1 atom stereocenters. The van der Waals surface area contributed by atoms with Gasteiger partial charge in [0, 0.05) is 11.7 Å². The summed E-state index contributed by atoms with van der Waals surface area (Å²) in [6.45, 7) is 10.7. The zero-order chi connectivity index (χ0) is 11.5. The molecule has 2 rings (SSSR count). The van der Waals surface area contributed by atoms with E-state index in [1.165, 1.54) is 5.57 Å². The van der Waals surface area contributed by atoms with Crippen LogP contribution >= 0.6 is 11.9 Å². The lowest BCUT2D eigenvalue weighted by atomic mass is 10.1. The van der Waals surface area contributed by atoms with Gasteiger partial charge in [-0.05, 0) is 38.3 Å². The molecule has 0 radical (unpaired) electrons. The number of hydrogen-bond donors (Lipinski definition) is 0. The fourth-order valence-electron chi connectivity index (χ4n) is 1.39. The Morgan fingerprint density at radius 2 is 1.87 bits per heavy atom. The van der Waals surface area contributed by atoms with E-state index in [0.717, 1.165) is 0 Å². The summed E-state index contributed by atoms with van der Waals surface area (Å²) < 4.78 is 2.34. The second-order valence-electron chi connectivity index (χ2n) is 4.40. The number of fused-ring (bicyclic) bond motifs is 1. The quantitative estimate of drug-likeness (QED) is 0.567. The molecule has 1 aliphatic carbocycles. The molecule has 0 saturated heterocycles. The minimum absolute atomic E-state index is 0.219. The van der Waals surface area contributed by atoms with Gasteiger partial charge in [0.2, 0.25) is 0 Å². The standard InChI is InChI=1S/C11H15NS.C2H6/c1-11(2,3)12-8-9-6-4-5-7-10(9)13-12;1-2/h4-8,10H,1-3H3;1-2H3. The second-order valence-corrected chi connectivity index (χ2v) is 5.51. The van der Waals surface area contributed by atoms with Gasteiger partial charge in [-0.2, -0.15) is 0 Å². The van der Waals surface area contributed by atoms with Crippen LogP contribution in [0.4, 0.5) is 0 Å². The van der Waals surface area contributed by atoms with Crippen molar-refractivity contribution in [2.75, 3.05) is 0 Å². The lowest BCUT2D eigenvalue weighted by Crippen LogP contribution is -2.30. The maximum Gasteiger partial charge on any atom is 0.0695 e. The first-order valence-electron chi connectivity index (χ1n) is 5.60. The van der Waals surface area contributed by atoms with E-state index in [4.69, 9.17) is 0 Å². The van der Waals surface area contributed by atoms with Crippen LogP contribution in [0.1, 0.15) is 34.6 Å². The fraction of sp³-hybridized carbons (Fsp3) is 0.538. The Balaban J connectivity index is 0.000000531. The van der Waals surface area contributed by atoms with E-state index in [9.17, 15) is 0 Å². The van der Waals surface area contributed by atoms with E-state index in [-0.39, 0.29) is 5.54 Å². The van der Waals surface area contributed by atoms with Gasteiger partial charge >= 0.3 is 0 Å². The van der Waals surface area contributed by atoms with Crippen LogP contribution < -0.4 is 0 Å². The van der Waals surface area contributed by atoms with Crippen molar-refractivity contribution in [3.8, 4) is 0 Å². The van der Waals surface area contributed by atoms with Crippen molar-refractivity contribution in [1.29, 1.82) is 0 Å². The van der Waals surface area contributed by atoms with Crippen LogP contribution in [0, 0.1) is 0 Å². The lowest BCUT2D eigenvalue weighted by Gasteiger charge is -2.30. The van der Waals surface area contributed by atoms with Crippen LogP contribution in [-0.2, 0) is 0 Å². The number of allylic oxidation sites excluding steroid dienone is 3. The van der Waals surface area contributed by atoms with Gasteiger partial charge in [0.25, 0.3) is 0 Å². The molecule has 0 aromatic heterocycles. The Morgan fingerprint density at radius 3 is 2.40 bits per heavy atom. The smallest absolute Gasteiger partial charge is 0.0695 e. The van der Waals surface area contributed by atoms with E-state index in [1.807, 2.05) is 25.8 Å². The third-order valence-corrected chi connectivity index (χ3v) is 3.71. The molecule has 0 aromatic rings. The zero-order valence-electron chi connectivity index (χ0n) is 10.3. The molecule has 0 bridgehead atoms. The molecule has 84 valence electrons. The predicted octanol–water partition coefficient (Wildman–Crippen LogP) is 4.15. The number of rotatable bonds is 0. The molecule has 1 heterocycles. The van der Waals surface area contributed by atoms with Crippen molar-refractivity contribution in [2.45, 2.75) is 45.4 Å². The third-order valence-electron chi connectivity index (χ3n) is 2.17. The molecule has 0 saturated carbocycles. The van der Waals surface area contributed by atoms with E-state index < -0.39 is 0 Å². The van der Waals surface area contributed by atoms with Gasteiger partial charge in [-0.3, -0.25) is 0 Å². The first-order valence-corrected chi connectivity index (χ1v) is 6.44. The van der Waals surface area contributed by atoms with Crippen molar-refractivity contribution in [1.82, 2.24) is 4.31 Å². The summed E-state index contributed by atoms with van der Waals surface area (Å²) in [4.78, 5) is 0. The largest absolute Gasteiger partial charge is 0.317 e. The maximum absolute atomic E-state index is 2.34. The Hall–Kier alpha value is -0.630. The van der Waals surface area contributed by atoms with Crippen LogP contribution in [0.2, 0.25) is 0 Å². The third kappa shape index (κ3) is 2.91. The molecule has 15 heavy (non-hydrogen) atoms. The SMILES string of the molecule is CC.CC(C)(C)N1C=C2C=CC=CC2S1. The van der Waals surface area contributed by atoms with Crippen LogP contribution in [0.5, 0.6) is 0 Å². The maximum atomic E-state index is 2.34. The minimum atomic E-state index is 0.219. The van der Waals surface area contributed by atoms with E-state index >= 15 is 0 Å². The number of nitrogens with zero attached hydrogens (tertiary/aromatic N) is 1. The van der Waals surface area contributed by atoms with Gasteiger partial charge in [0.05, 0.1) is 5.25 Å². The van der Waals surface area contributed by atoms with E-state index in [1.54, 1.807) is 0 Å². The lowest BCUT2D eigenvalue weighted by molar-refractivity contribution is 0.352. The summed E-state index contributed by atoms with van der Waals surface area (Å²) >= 11 is 1.90. The highest BCUT2D eigenvalue weighted by atomic mass is 32.2. The van der Waals surface area contributed by atoms with Crippen molar-refractivity contribution in [3.05, 3.63) is 36.1 Å². The van der Waals surface area contributed by atoms with Gasteiger partial charge < -0.3 is 4.31 Å². The molecule has 2 aliphatic rings. The first-order chi connectivity index (χ1) is 7.07. The van der Waals surface area contributed by atoms with Crippen molar-refractivity contribution in [2.24, 2.45) is 0 Å². The summed E-state index contributed by atoms with van der Waals surface area (Å²) in [5.74, 6) is 0. The topological polar surface area (TPSA) is 3.24 Å². The Kier molecular flexibility index (Phi) is 4.09. The molecular formula is C13H21NS. The van der Waals surface area contributed by atoms with E-state index in [0.29, 0.717) is 5.25 Å². The Morgan fingerprint density at radius 1 is 1.20 bits per heavy atom. The summed E-state index contributed by atoms with van der Waals surface area (Å²) in [7, 11) is 0. The summed E-state index contributed by atoms with van der Waals surface area (Å²) in [6.07, 6.45) is 10.9. The molecule has 1 aliphatic heterocycles. The highest BCUT2D eigenvalue weighted by molar-refractivity contribution is 7.98. The molecule has 0 fully saturated rings. The summed E-state index contributed by atoms with van der Waals surface area (Å²) in [5, 5.41) is 0.546. The van der Waals surface area contributed by atoms with Crippen molar-refractivity contribution >= 4 is 11.9 Å². The van der Waals surface area contributed by atoms with Gasteiger partial charge in [0.15, 0.2) is 0 Å². The molecule has 2 heteroatoms. The average molecular weight is 223 g/mol. The monoisotopic (exact) mass is 223 g/mol. The molecular weight excluding hydrogens is 202 g/mol. The molecule has 1 nitrogen and oxygen atoms in total. The molecule has 0 N–H and O–H groups in total.